The number of carbonyl (C=O) groups is 1. The van der Waals surface area contributed by atoms with Gasteiger partial charge in [-0.15, -0.1) is 0 Å². The summed E-state index contributed by atoms with van der Waals surface area (Å²) >= 11 is 0. The Morgan fingerprint density at radius 1 is 1.10 bits per heavy atom. The highest BCUT2D eigenvalue weighted by atomic mass is 16.1. The lowest BCUT2D eigenvalue weighted by molar-refractivity contribution is 0.0990. The van der Waals surface area contributed by atoms with Crippen LogP contribution in [0.1, 0.15) is 27.3 Å². The molecule has 5 rings (SSSR count). The van der Waals surface area contributed by atoms with Gasteiger partial charge in [-0.25, -0.2) is 9.97 Å². The molecule has 144 valence electrons. The zero-order chi connectivity index (χ0) is 19.8. The molecule has 4 aromatic rings. The second-order valence-corrected chi connectivity index (χ2v) is 7.47. The van der Waals surface area contributed by atoms with Crippen LogP contribution in [0.2, 0.25) is 0 Å². The average molecular weight is 383 g/mol. The minimum atomic E-state index is 0.0501. The third-order valence-electron chi connectivity index (χ3n) is 5.40. The summed E-state index contributed by atoms with van der Waals surface area (Å²) in [7, 11) is 1.90. The minimum Gasteiger partial charge on any atom is -0.312 e. The molecule has 0 saturated heterocycles. The number of hydrogen-bond donors (Lipinski definition) is 1. The molecular formula is C23H21N5O. The molecule has 1 aliphatic heterocycles. The summed E-state index contributed by atoms with van der Waals surface area (Å²) in [6.07, 6.45) is 6.75. The smallest absolute Gasteiger partial charge is 0.170 e. The maximum atomic E-state index is 12.8. The highest BCUT2D eigenvalue weighted by molar-refractivity contribution is 5.97. The van der Waals surface area contributed by atoms with Crippen molar-refractivity contribution >= 4 is 16.7 Å². The van der Waals surface area contributed by atoms with Crippen LogP contribution in [0.4, 0.5) is 0 Å². The number of Topliss-reactive ketones (excluding diaryl/α,β-unsaturated/α-hetero) is 1. The maximum Gasteiger partial charge on any atom is 0.170 e. The van der Waals surface area contributed by atoms with Crippen molar-refractivity contribution in [1.29, 1.82) is 0 Å². The fraction of sp³-hybridized carbons (Fsp3) is 0.217. The first-order valence-electron chi connectivity index (χ1n) is 9.76. The lowest BCUT2D eigenvalue weighted by atomic mass is 9.96. The van der Waals surface area contributed by atoms with Crippen LogP contribution in [0, 0.1) is 0 Å². The average Bonchev–Trinajstić information content (AvgIpc) is 3.19. The zero-order valence-corrected chi connectivity index (χ0v) is 16.2. The maximum absolute atomic E-state index is 12.8. The molecule has 0 fully saturated rings. The Morgan fingerprint density at radius 3 is 2.90 bits per heavy atom. The van der Waals surface area contributed by atoms with Gasteiger partial charge < -0.3 is 5.32 Å². The van der Waals surface area contributed by atoms with Gasteiger partial charge in [0.2, 0.25) is 0 Å². The molecule has 2 aromatic carbocycles. The molecule has 0 atom stereocenters. The quantitative estimate of drug-likeness (QED) is 0.548. The van der Waals surface area contributed by atoms with Crippen LogP contribution in [0.5, 0.6) is 0 Å². The number of benzene rings is 2. The van der Waals surface area contributed by atoms with Crippen LogP contribution in [0.25, 0.3) is 22.0 Å². The van der Waals surface area contributed by atoms with Gasteiger partial charge in [0.15, 0.2) is 5.78 Å². The number of hydrogen-bond acceptors (Lipinski definition) is 5. The summed E-state index contributed by atoms with van der Waals surface area (Å²) < 4.78 is 1.78. The predicted octanol–water partition coefficient (Wildman–Crippen LogP) is 3.10. The number of carbonyl (C=O) groups excluding carboxylic acids is 1. The summed E-state index contributed by atoms with van der Waals surface area (Å²) in [4.78, 5) is 21.9. The molecule has 6 nitrogen and oxygen atoms in total. The van der Waals surface area contributed by atoms with Crippen molar-refractivity contribution < 1.29 is 4.79 Å². The van der Waals surface area contributed by atoms with Crippen molar-refractivity contribution in [3.8, 4) is 11.1 Å². The number of aryl methyl sites for hydroxylation is 1. The Kier molecular flexibility index (Phi) is 4.41. The van der Waals surface area contributed by atoms with E-state index in [9.17, 15) is 4.79 Å². The lowest BCUT2D eigenvalue weighted by Gasteiger charge is -2.17. The molecule has 0 aliphatic carbocycles. The van der Waals surface area contributed by atoms with Crippen molar-refractivity contribution in [3.63, 3.8) is 0 Å². The summed E-state index contributed by atoms with van der Waals surface area (Å²) in [6.45, 7) is 1.83. The Balaban J connectivity index is 1.42. The normalized spacial score (nSPS) is 13.4. The van der Waals surface area contributed by atoms with Crippen LogP contribution >= 0.6 is 0 Å². The van der Waals surface area contributed by atoms with Crippen molar-refractivity contribution in [2.45, 2.75) is 19.4 Å². The summed E-state index contributed by atoms with van der Waals surface area (Å²) in [6, 6.07) is 12.1. The van der Waals surface area contributed by atoms with Crippen molar-refractivity contribution in [1.82, 2.24) is 25.1 Å². The molecule has 0 radical (unpaired) electrons. The molecule has 1 aliphatic rings. The van der Waals surface area contributed by atoms with Gasteiger partial charge in [0.25, 0.3) is 0 Å². The Labute approximate surface area is 168 Å². The van der Waals surface area contributed by atoms with E-state index in [4.69, 9.17) is 0 Å². The molecular weight excluding hydrogens is 362 g/mol. The van der Waals surface area contributed by atoms with Crippen LogP contribution in [-0.4, -0.2) is 32.1 Å². The monoisotopic (exact) mass is 383 g/mol. The zero-order valence-electron chi connectivity index (χ0n) is 16.2. The van der Waals surface area contributed by atoms with Gasteiger partial charge in [-0.2, -0.15) is 5.10 Å². The Morgan fingerprint density at radius 2 is 2.03 bits per heavy atom. The number of rotatable bonds is 4. The molecule has 1 N–H and O–H groups in total. The van der Waals surface area contributed by atoms with E-state index in [-0.39, 0.29) is 12.2 Å². The fourth-order valence-electron chi connectivity index (χ4n) is 3.79. The van der Waals surface area contributed by atoms with Gasteiger partial charge in [-0.05, 0) is 41.8 Å². The predicted molar refractivity (Wildman–Crippen MR) is 112 cm³/mol. The second-order valence-electron chi connectivity index (χ2n) is 7.47. The van der Waals surface area contributed by atoms with Crippen molar-refractivity contribution in [3.05, 3.63) is 77.5 Å². The molecule has 0 spiro atoms. The van der Waals surface area contributed by atoms with Crippen molar-refractivity contribution in [2.24, 2.45) is 7.05 Å². The third kappa shape index (κ3) is 3.54. The first-order valence-corrected chi connectivity index (χ1v) is 9.76. The van der Waals surface area contributed by atoms with Crippen LogP contribution in [0.15, 0.2) is 55.0 Å². The largest absolute Gasteiger partial charge is 0.312 e. The van der Waals surface area contributed by atoms with Crippen LogP contribution < -0.4 is 5.32 Å². The number of ketones is 1. The van der Waals surface area contributed by atoms with E-state index in [0.717, 1.165) is 47.1 Å². The summed E-state index contributed by atoms with van der Waals surface area (Å²) in [5.74, 6) is 0.597. The molecule has 2 aromatic heterocycles. The van der Waals surface area contributed by atoms with E-state index < -0.39 is 0 Å². The SMILES string of the molecule is Cn1cc(-c2ccc3cnc(CC(=O)c4ccc5c(c4)CCNC5)nc3c2)cn1. The van der Waals surface area contributed by atoms with Gasteiger partial charge >= 0.3 is 0 Å². The highest BCUT2D eigenvalue weighted by Crippen LogP contribution is 2.23. The van der Waals surface area contributed by atoms with E-state index in [1.807, 2.05) is 49.8 Å². The molecule has 0 saturated carbocycles. The van der Waals surface area contributed by atoms with Gasteiger partial charge in [-0.3, -0.25) is 9.48 Å². The topological polar surface area (TPSA) is 72.7 Å². The van der Waals surface area contributed by atoms with E-state index in [0.29, 0.717) is 5.82 Å². The first-order chi connectivity index (χ1) is 14.2. The number of nitrogens with one attached hydrogen (secondary N) is 1. The minimum absolute atomic E-state index is 0.0501. The van der Waals surface area contributed by atoms with Crippen LogP contribution in [0.3, 0.4) is 0 Å². The molecule has 3 heterocycles. The molecule has 6 heteroatoms. The van der Waals surface area contributed by atoms with E-state index in [1.165, 1.54) is 11.1 Å². The highest BCUT2D eigenvalue weighted by Gasteiger charge is 2.14. The van der Waals surface area contributed by atoms with E-state index in [2.05, 4.69) is 26.4 Å². The van der Waals surface area contributed by atoms with E-state index in [1.54, 1.807) is 10.9 Å². The lowest BCUT2D eigenvalue weighted by Crippen LogP contribution is -2.23. The van der Waals surface area contributed by atoms with Crippen LogP contribution in [-0.2, 0) is 26.4 Å². The Hall–Kier alpha value is -3.38. The van der Waals surface area contributed by atoms with Gasteiger partial charge in [-0.1, -0.05) is 24.3 Å². The van der Waals surface area contributed by atoms with Crippen molar-refractivity contribution in [2.75, 3.05) is 6.54 Å². The first kappa shape index (κ1) is 17.7. The van der Waals surface area contributed by atoms with Gasteiger partial charge in [0.1, 0.15) is 5.82 Å². The third-order valence-corrected chi connectivity index (χ3v) is 5.40. The molecule has 0 unspecified atom stereocenters. The number of nitrogens with zero attached hydrogens (tertiary/aromatic N) is 4. The standard InChI is InChI=1S/C23H21N5O/c1-28-14-20(13-26-28)15-2-5-19-12-25-23(27-21(19)9-15)10-22(29)17-3-4-18-11-24-7-6-16(18)8-17/h2-5,8-9,12-14,24H,6-7,10-11H2,1H3. The number of fused-ring (bicyclic) bond motifs is 2. The number of aromatic nitrogens is 4. The summed E-state index contributed by atoms with van der Waals surface area (Å²) in [5, 5.41) is 8.54. The molecule has 0 amide bonds. The van der Waals surface area contributed by atoms with Gasteiger partial charge in [0, 0.05) is 42.5 Å². The molecule has 29 heavy (non-hydrogen) atoms. The van der Waals surface area contributed by atoms with E-state index >= 15 is 0 Å². The fourth-order valence-corrected chi connectivity index (χ4v) is 3.79. The van der Waals surface area contributed by atoms with Gasteiger partial charge in [0.05, 0.1) is 18.1 Å². The second kappa shape index (κ2) is 7.22. The molecule has 0 bridgehead atoms. The summed E-state index contributed by atoms with van der Waals surface area (Å²) in [5.41, 5.74) is 6.19. The Bertz CT molecular complexity index is 1230.